The van der Waals surface area contributed by atoms with Gasteiger partial charge in [-0.15, -0.1) is 0 Å². The van der Waals surface area contributed by atoms with Gasteiger partial charge in [0.25, 0.3) is 23.6 Å². The van der Waals surface area contributed by atoms with Gasteiger partial charge >= 0.3 is 0 Å². The van der Waals surface area contributed by atoms with Crippen molar-refractivity contribution in [3.05, 3.63) is 349 Å². The molecule has 128 heavy (non-hydrogen) atoms. The maximum absolute atomic E-state index is 14.6. The molecule has 4 fully saturated rings. The van der Waals surface area contributed by atoms with Gasteiger partial charge in [0.1, 0.15) is 17.5 Å². The first-order chi connectivity index (χ1) is 61.6. The van der Waals surface area contributed by atoms with E-state index < -0.39 is 75.3 Å². The fourth-order valence-corrected chi connectivity index (χ4v) is 19.1. The molecule has 20 rings (SSSR count). The SMILES string of the molecule is Cc1ccc(NC(=O)c2ccc(N3CCS3(=O)=O)cc2)cc1-c1nccc2ccccc12.O=C(Nc1cccc(-c2ccc3ccccc3n2)c1)c1ccc(N2CCS2(=O)=O)cc1F.O=C(Nc1cccc(-c2ncc3ccccc3n2)c1)c1ccc(N2CCS2(=O)=O)cc1F.O=C(Nc1cccc(-c2nccc3ncccc23)c1)c1ccc(N2CCS2(=O)=O)cc1F. The van der Waals surface area contributed by atoms with Crippen LogP contribution in [0.4, 0.5) is 58.7 Å². The second kappa shape index (κ2) is 35.4. The quantitative estimate of drug-likeness (QED) is 0.0698. The smallest absolute Gasteiger partial charge is 0.258 e. The van der Waals surface area contributed by atoms with Crippen molar-refractivity contribution in [2.45, 2.75) is 6.92 Å². The summed E-state index contributed by atoms with van der Waals surface area (Å²) in [6, 6.07) is 79.9. The van der Waals surface area contributed by atoms with E-state index in [0.717, 1.165) is 114 Å². The first-order valence-corrected chi connectivity index (χ1v) is 46.4. The molecule has 33 heteroatoms. The van der Waals surface area contributed by atoms with Crippen molar-refractivity contribution in [3.63, 3.8) is 0 Å². The third kappa shape index (κ3) is 18.2. The highest BCUT2D eigenvalue weighted by molar-refractivity contribution is 7.95. The molecule has 0 spiro atoms. The van der Waals surface area contributed by atoms with Crippen LogP contribution in [0.3, 0.4) is 0 Å². The number of benzene rings is 11. The number of rotatable bonds is 16. The standard InChI is InChI=1S/C25H21N3O3S.C24H18FN3O3S.2C23H17FN4O3S/c1-17-6-9-20(16-23(17)24-22-5-3-2-4-18(22)12-13-26-24)27-25(29)19-7-10-21(11-8-19)28-14-15-32(28,30)31;25-21-15-19(28-12-13-32(28,30)31)9-10-20(21)24(29)26-18-6-3-5-17(14-18)23-11-8-16-4-1-2-7-22(16)27-23;24-20-14-17(28-11-12-32(28,30)31)6-7-18(20)23(29)27-16-4-1-3-15(13-16)22-19-5-2-9-25-21(19)8-10-26-22;24-20-13-18(28-10-11-32(28,30)31)8-9-19(20)23(29)26-17-6-3-5-15(12-17)22-25-14-16-4-1-2-7-21(16)27-22/h2-13,16H,14-15H2,1H3,(H,27,29);1-11,14-15H,12-13H2,(H,26,29);1-10,13-14H,11-12H2,(H,27,29);1-9,12-14H,10-11H2,(H,26,29). The lowest BCUT2D eigenvalue weighted by Crippen LogP contribution is -2.47. The molecule has 0 unspecified atom stereocenters. The van der Waals surface area contributed by atoms with Crippen molar-refractivity contribution < 1.29 is 66.0 Å². The van der Waals surface area contributed by atoms with Gasteiger partial charge in [0, 0.05) is 123 Å². The number of hydrogen-bond donors (Lipinski definition) is 4. The molecule has 4 N–H and O–H groups in total. The molecule has 4 amide bonds. The number of carbonyl (C=O) groups is 4. The minimum atomic E-state index is -3.36. The van der Waals surface area contributed by atoms with Crippen molar-refractivity contribution in [2.24, 2.45) is 0 Å². The molecule has 4 aliphatic rings. The molecule has 0 aliphatic carbocycles. The van der Waals surface area contributed by atoms with Crippen LogP contribution in [0.25, 0.3) is 88.6 Å². The molecule has 26 nitrogen and oxygen atoms in total. The number of nitrogens with one attached hydrogen (secondary N) is 4. The Hall–Kier alpha value is -15.2. The summed E-state index contributed by atoms with van der Waals surface area (Å²) in [4.78, 5) is 77.7. The van der Waals surface area contributed by atoms with Crippen molar-refractivity contribution in [2.75, 3.05) is 87.7 Å². The summed E-state index contributed by atoms with van der Waals surface area (Å²) in [5.74, 6) is -3.74. The largest absolute Gasteiger partial charge is 0.322 e. The van der Waals surface area contributed by atoms with Gasteiger partial charge in [0.15, 0.2) is 5.82 Å². The molecule has 5 aromatic heterocycles. The van der Waals surface area contributed by atoms with Crippen LogP contribution in [0.5, 0.6) is 0 Å². The monoisotopic (exact) mass is 1790 g/mol. The molecule has 16 aromatic rings. The number of hydrogen-bond acceptors (Lipinski definition) is 18. The maximum Gasteiger partial charge on any atom is 0.258 e. The highest BCUT2D eigenvalue weighted by Gasteiger charge is 2.37. The van der Waals surface area contributed by atoms with E-state index >= 15 is 0 Å². The summed E-state index contributed by atoms with van der Waals surface area (Å²) in [6.07, 6.45) is 6.91. The first-order valence-electron chi connectivity index (χ1n) is 40.0. The lowest BCUT2D eigenvalue weighted by atomic mass is 9.99. The van der Waals surface area contributed by atoms with E-state index in [2.05, 4.69) is 57.2 Å². The first kappa shape index (κ1) is 85.0. The number of nitrogens with zero attached hydrogens (tertiary/aromatic N) is 10. The maximum atomic E-state index is 14.6. The van der Waals surface area contributed by atoms with Crippen molar-refractivity contribution in [1.29, 1.82) is 0 Å². The Labute approximate surface area is 732 Å². The Bertz CT molecular complexity index is 7420. The van der Waals surface area contributed by atoms with Crippen LogP contribution in [0.15, 0.2) is 304 Å². The molecular weight excluding hydrogens is 1710 g/mol. The lowest BCUT2D eigenvalue weighted by Gasteiger charge is -2.32. The number of carbonyl (C=O) groups excluding carboxylic acids is 4. The number of aryl methyl sites for hydroxylation is 1. The highest BCUT2D eigenvalue weighted by Crippen LogP contribution is 2.36. The number of halogens is 3. The molecule has 4 aliphatic heterocycles. The van der Waals surface area contributed by atoms with Gasteiger partial charge in [-0.1, -0.05) is 109 Å². The molecule has 0 bridgehead atoms. The summed E-state index contributed by atoms with van der Waals surface area (Å²) < 4.78 is 142. The predicted octanol–water partition coefficient (Wildman–Crippen LogP) is 16.7. The summed E-state index contributed by atoms with van der Waals surface area (Å²) in [7, 11) is -13.3. The number of pyridine rings is 4. The molecular formula is C95H73F3N14O12S4. The van der Waals surface area contributed by atoms with Gasteiger partial charge in [-0.05, 0) is 188 Å². The van der Waals surface area contributed by atoms with Crippen LogP contribution in [0.1, 0.15) is 47.0 Å². The Kier molecular flexibility index (Phi) is 23.5. The third-order valence-electron chi connectivity index (χ3n) is 21.7. The fraction of sp³-hybridized carbons (Fsp3) is 0.0947. The molecule has 0 atom stereocenters. The van der Waals surface area contributed by atoms with Crippen LogP contribution < -0.4 is 38.5 Å². The minimum Gasteiger partial charge on any atom is -0.322 e. The Morgan fingerprint density at radius 2 is 0.773 bits per heavy atom. The fourth-order valence-electron chi connectivity index (χ4n) is 14.7. The van der Waals surface area contributed by atoms with E-state index in [4.69, 9.17) is 0 Å². The van der Waals surface area contributed by atoms with E-state index in [1.54, 1.807) is 104 Å². The number of amides is 4. The molecule has 640 valence electrons. The van der Waals surface area contributed by atoms with Crippen LogP contribution in [0, 0.1) is 24.4 Å². The van der Waals surface area contributed by atoms with Gasteiger partial charge in [0.05, 0.1) is 96.1 Å². The summed E-state index contributed by atoms with van der Waals surface area (Å²) in [6.45, 7) is 3.41. The van der Waals surface area contributed by atoms with Crippen molar-refractivity contribution in [3.8, 4) is 45.2 Å². The second-order valence-electron chi connectivity index (χ2n) is 29.9. The highest BCUT2D eigenvalue weighted by atomic mass is 32.2. The molecule has 0 radical (unpaired) electrons. The van der Waals surface area contributed by atoms with E-state index in [9.17, 15) is 66.0 Å². The lowest BCUT2D eigenvalue weighted by molar-refractivity contribution is 0.101. The second-order valence-corrected chi connectivity index (χ2v) is 38.0. The predicted molar refractivity (Wildman–Crippen MR) is 491 cm³/mol. The van der Waals surface area contributed by atoms with E-state index in [1.807, 2.05) is 146 Å². The van der Waals surface area contributed by atoms with Crippen LogP contribution in [0.2, 0.25) is 0 Å². The van der Waals surface area contributed by atoms with Crippen molar-refractivity contribution >= 4 is 153 Å². The Morgan fingerprint density at radius 1 is 0.328 bits per heavy atom. The number of aromatic nitrogens is 6. The van der Waals surface area contributed by atoms with E-state index in [1.165, 1.54) is 40.7 Å². The number of para-hydroxylation sites is 2. The van der Waals surface area contributed by atoms with Crippen LogP contribution in [-0.4, -0.2) is 136 Å². The Balaban J connectivity index is 0.000000120. The van der Waals surface area contributed by atoms with Gasteiger partial charge in [-0.2, -0.15) is 0 Å². The van der Waals surface area contributed by atoms with Gasteiger partial charge in [0.2, 0.25) is 40.1 Å². The number of anilines is 8. The zero-order chi connectivity index (χ0) is 89.2. The van der Waals surface area contributed by atoms with Crippen LogP contribution >= 0.6 is 0 Å². The van der Waals surface area contributed by atoms with E-state index in [-0.39, 0.29) is 62.7 Å². The molecule has 11 aromatic carbocycles. The number of sulfonamides is 4. The summed E-state index contributed by atoms with van der Waals surface area (Å²) >= 11 is 0. The van der Waals surface area contributed by atoms with Gasteiger partial charge in [-0.25, -0.2) is 61.8 Å². The van der Waals surface area contributed by atoms with Gasteiger partial charge in [-0.3, -0.25) is 51.4 Å². The third-order valence-corrected chi connectivity index (χ3v) is 28.7. The minimum absolute atomic E-state index is 0.0358. The van der Waals surface area contributed by atoms with Gasteiger partial charge < -0.3 is 21.3 Å². The number of fused-ring (bicyclic) bond motifs is 4. The average Bonchev–Trinajstić information content (AvgIpc) is 0.780. The van der Waals surface area contributed by atoms with Crippen molar-refractivity contribution in [1.82, 2.24) is 29.9 Å². The topological polar surface area (TPSA) is 343 Å². The van der Waals surface area contributed by atoms with Crippen LogP contribution in [-0.2, 0) is 40.1 Å². The zero-order valence-electron chi connectivity index (χ0n) is 67.7. The molecule has 0 saturated carbocycles. The zero-order valence-corrected chi connectivity index (χ0v) is 70.9. The Morgan fingerprint density at radius 3 is 1.31 bits per heavy atom. The normalized spacial score (nSPS) is 14.7. The average molecular weight is 1790 g/mol. The summed E-state index contributed by atoms with van der Waals surface area (Å²) in [5, 5.41) is 16.0. The molecule has 9 heterocycles. The molecule has 4 saturated heterocycles. The summed E-state index contributed by atoms with van der Waals surface area (Å²) in [5.41, 5.74) is 12.4. The van der Waals surface area contributed by atoms with E-state index in [0.29, 0.717) is 71.6 Å².